The second kappa shape index (κ2) is 7.99. The smallest absolute Gasteiger partial charge is 0.256 e. The molecule has 0 atom stereocenters. The quantitative estimate of drug-likeness (QED) is 0.512. The van der Waals surface area contributed by atoms with Crippen molar-refractivity contribution in [2.45, 2.75) is 27.7 Å². The zero-order valence-electron chi connectivity index (χ0n) is 17.6. The Bertz CT molecular complexity index is 1240. The number of pyridine rings is 1. The first kappa shape index (κ1) is 19.6. The van der Waals surface area contributed by atoms with Crippen molar-refractivity contribution in [2.75, 3.05) is 11.9 Å². The number of aromatic nitrogens is 3. The molecule has 0 aliphatic carbocycles. The maximum atomic E-state index is 12.9. The van der Waals surface area contributed by atoms with Crippen LogP contribution in [-0.4, -0.2) is 27.3 Å². The van der Waals surface area contributed by atoms with E-state index >= 15 is 0 Å². The summed E-state index contributed by atoms with van der Waals surface area (Å²) in [4.78, 5) is 17.7. The van der Waals surface area contributed by atoms with Crippen molar-refractivity contribution in [1.29, 1.82) is 0 Å². The molecule has 152 valence electrons. The van der Waals surface area contributed by atoms with Gasteiger partial charge in [0.05, 0.1) is 17.8 Å². The summed E-state index contributed by atoms with van der Waals surface area (Å²) < 4.78 is 7.18. The van der Waals surface area contributed by atoms with Crippen molar-refractivity contribution in [1.82, 2.24) is 14.8 Å². The van der Waals surface area contributed by atoms with Crippen LogP contribution in [0.5, 0.6) is 5.75 Å². The Kier molecular flexibility index (Phi) is 5.23. The second-order valence-corrected chi connectivity index (χ2v) is 7.27. The average Bonchev–Trinajstić information content (AvgIpc) is 3.09. The van der Waals surface area contributed by atoms with Crippen LogP contribution in [0.15, 0.2) is 54.6 Å². The van der Waals surface area contributed by atoms with Crippen molar-refractivity contribution < 1.29 is 9.53 Å². The summed E-state index contributed by atoms with van der Waals surface area (Å²) in [5.41, 5.74) is 4.44. The third kappa shape index (κ3) is 3.76. The number of nitrogens with one attached hydrogen (secondary N) is 1. The Hall–Kier alpha value is -3.67. The number of amides is 1. The summed E-state index contributed by atoms with van der Waals surface area (Å²) in [5, 5.41) is 8.64. The molecule has 0 unspecified atom stereocenters. The number of fused-ring (bicyclic) bond motifs is 1. The van der Waals surface area contributed by atoms with Crippen LogP contribution in [0.4, 0.5) is 5.82 Å². The first-order valence-corrected chi connectivity index (χ1v) is 9.94. The summed E-state index contributed by atoms with van der Waals surface area (Å²) in [6.07, 6.45) is 0. The molecule has 0 aliphatic heterocycles. The first-order valence-electron chi connectivity index (χ1n) is 9.94. The molecule has 0 aliphatic rings. The first-order chi connectivity index (χ1) is 14.5. The Labute approximate surface area is 175 Å². The molecule has 0 bridgehead atoms. The van der Waals surface area contributed by atoms with E-state index in [2.05, 4.69) is 23.4 Å². The van der Waals surface area contributed by atoms with Crippen LogP contribution in [0.2, 0.25) is 0 Å². The molecular weight excluding hydrogens is 376 g/mol. The van der Waals surface area contributed by atoms with Gasteiger partial charge in [-0.05, 0) is 63.1 Å². The molecule has 1 N–H and O–H groups in total. The molecule has 2 aromatic carbocycles. The van der Waals surface area contributed by atoms with Gasteiger partial charge in [0.15, 0.2) is 5.82 Å². The number of para-hydroxylation sites is 1. The van der Waals surface area contributed by atoms with Crippen molar-refractivity contribution >= 4 is 22.6 Å². The standard InChI is InChI=1S/C24H24N4O2/c1-5-30-19-10-7-9-18(14-19)24(29)26-22-13-17(4)27-28(22)21-12-16(3)20-11-6-8-15(2)23(20)25-21/h6-14H,5H2,1-4H3,(H,26,29). The normalized spacial score (nSPS) is 10.9. The van der Waals surface area contributed by atoms with Crippen LogP contribution in [0.25, 0.3) is 16.7 Å². The van der Waals surface area contributed by atoms with Gasteiger partial charge in [0.25, 0.3) is 5.91 Å². The van der Waals surface area contributed by atoms with Gasteiger partial charge in [-0.3, -0.25) is 4.79 Å². The highest BCUT2D eigenvalue weighted by atomic mass is 16.5. The molecule has 0 spiro atoms. The van der Waals surface area contributed by atoms with Crippen molar-refractivity contribution in [2.24, 2.45) is 0 Å². The molecule has 2 heterocycles. The molecule has 6 heteroatoms. The summed E-state index contributed by atoms with van der Waals surface area (Å²) in [7, 11) is 0. The van der Waals surface area contributed by atoms with E-state index in [1.807, 2.05) is 51.1 Å². The second-order valence-electron chi connectivity index (χ2n) is 7.27. The monoisotopic (exact) mass is 400 g/mol. The maximum absolute atomic E-state index is 12.9. The zero-order chi connectivity index (χ0) is 21.3. The van der Waals surface area contributed by atoms with Crippen LogP contribution in [0, 0.1) is 20.8 Å². The molecule has 0 saturated heterocycles. The van der Waals surface area contributed by atoms with Crippen LogP contribution in [0.3, 0.4) is 0 Å². The van der Waals surface area contributed by atoms with E-state index in [9.17, 15) is 4.79 Å². The molecule has 0 saturated carbocycles. The third-order valence-electron chi connectivity index (χ3n) is 4.93. The highest BCUT2D eigenvalue weighted by molar-refractivity contribution is 6.04. The fourth-order valence-corrected chi connectivity index (χ4v) is 3.50. The SMILES string of the molecule is CCOc1cccc(C(=O)Nc2cc(C)nn2-c2cc(C)c3cccc(C)c3n2)c1. The van der Waals surface area contributed by atoms with Gasteiger partial charge in [-0.15, -0.1) is 0 Å². The lowest BCUT2D eigenvalue weighted by Gasteiger charge is -2.12. The van der Waals surface area contributed by atoms with Gasteiger partial charge >= 0.3 is 0 Å². The number of hydrogen-bond acceptors (Lipinski definition) is 4. The molecule has 2 aromatic heterocycles. The van der Waals surface area contributed by atoms with Gasteiger partial charge in [0.2, 0.25) is 0 Å². The fourth-order valence-electron chi connectivity index (χ4n) is 3.50. The molecule has 6 nitrogen and oxygen atoms in total. The predicted molar refractivity (Wildman–Crippen MR) is 119 cm³/mol. The number of nitrogens with zero attached hydrogens (tertiary/aromatic N) is 3. The average molecular weight is 400 g/mol. The van der Waals surface area contributed by atoms with E-state index in [0.29, 0.717) is 29.6 Å². The maximum Gasteiger partial charge on any atom is 0.256 e. The van der Waals surface area contributed by atoms with E-state index < -0.39 is 0 Å². The molecule has 0 fully saturated rings. The van der Waals surface area contributed by atoms with E-state index in [1.165, 1.54) is 0 Å². The lowest BCUT2D eigenvalue weighted by atomic mass is 10.1. The number of carbonyl (C=O) groups excluding carboxylic acids is 1. The van der Waals surface area contributed by atoms with E-state index in [4.69, 9.17) is 9.72 Å². The minimum absolute atomic E-state index is 0.230. The van der Waals surface area contributed by atoms with Crippen molar-refractivity contribution in [3.63, 3.8) is 0 Å². The number of rotatable bonds is 5. The topological polar surface area (TPSA) is 69.0 Å². The number of ether oxygens (including phenoxy) is 1. The number of aryl methyl sites for hydroxylation is 3. The molecule has 4 aromatic rings. The van der Waals surface area contributed by atoms with Crippen molar-refractivity contribution in [3.05, 3.63) is 77.0 Å². The molecule has 0 radical (unpaired) electrons. The highest BCUT2D eigenvalue weighted by Gasteiger charge is 2.15. The highest BCUT2D eigenvalue weighted by Crippen LogP contribution is 2.25. The zero-order valence-corrected chi connectivity index (χ0v) is 17.6. The van der Waals surface area contributed by atoms with E-state index in [0.717, 1.165) is 27.7 Å². The summed E-state index contributed by atoms with van der Waals surface area (Å²) in [6.45, 7) is 8.44. The van der Waals surface area contributed by atoms with Crippen LogP contribution >= 0.6 is 0 Å². The van der Waals surface area contributed by atoms with Gasteiger partial charge in [0, 0.05) is 17.0 Å². The summed E-state index contributed by atoms with van der Waals surface area (Å²) in [5.74, 6) is 1.67. The molecule has 30 heavy (non-hydrogen) atoms. The minimum Gasteiger partial charge on any atom is -0.494 e. The minimum atomic E-state index is -0.230. The number of anilines is 1. The number of benzene rings is 2. The number of hydrogen-bond donors (Lipinski definition) is 1. The van der Waals surface area contributed by atoms with Gasteiger partial charge in [-0.1, -0.05) is 24.3 Å². The molecular formula is C24H24N4O2. The lowest BCUT2D eigenvalue weighted by molar-refractivity contribution is 0.102. The van der Waals surface area contributed by atoms with Gasteiger partial charge in [0.1, 0.15) is 11.6 Å². The van der Waals surface area contributed by atoms with E-state index in [-0.39, 0.29) is 5.91 Å². The fraction of sp³-hybridized carbons (Fsp3) is 0.208. The summed E-state index contributed by atoms with van der Waals surface area (Å²) >= 11 is 0. The van der Waals surface area contributed by atoms with Gasteiger partial charge in [-0.25, -0.2) is 4.98 Å². The molecule has 1 amide bonds. The lowest BCUT2D eigenvalue weighted by Crippen LogP contribution is -2.16. The van der Waals surface area contributed by atoms with Crippen molar-refractivity contribution in [3.8, 4) is 11.6 Å². The van der Waals surface area contributed by atoms with Gasteiger partial charge in [-0.2, -0.15) is 9.78 Å². The van der Waals surface area contributed by atoms with Crippen LogP contribution in [0.1, 0.15) is 34.1 Å². The Morgan fingerprint density at radius 2 is 1.83 bits per heavy atom. The molecule has 4 rings (SSSR count). The summed E-state index contributed by atoms with van der Waals surface area (Å²) in [6, 6.07) is 17.1. The predicted octanol–water partition coefficient (Wildman–Crippen LogP) is 5.00. The number of carbonyl (C=O) groups is 1. The Balaban J connectivity index is 1.72. The van der Waals surface area contributed by atoms with E-state index in [1.54, 1.807) is 22.9 Å². The largest absolute Gasteiger partial charge is 0.494 e. The van der Waals surface area contributed by atoms with Gasteiger partial charge < -0.3 is 10.1 Å². The third-order valence-corrected chi connectivity index (χ3v) is 4.93. The Morgan fingerprint density at radius 1 is 1.03 bits per heavy atom. The van der Waals surface area contributed by atoms with Crippen LogP contribution < -0.4 is 10.1 Å². The van der Waals surface area contributed by atoms with Crippen LogP contribution in [-0.2, 0) is 0 Å². The Morgan fingerprint density at radius 3 is 2.63 bits per heavy atom.